The number of aromatic nitrogens is 1. The quantitative estimate of drug-likeness (QED) is 0.327. The van der Waals surface area contributed by atoms with Crippen LogP contribution in [-0.4, -0.2) is 60.4 Å². The number of aliphatic hydroxyl groups is 1. The maximum atomic E-state index is 12.6. The van der Waals surface area contributed by atoms with Crippen molar-refractivity contribution in [3.05, 3.63) is 47.8 Å². The number of rotatable bonds is 6. The highest BCUT2D eigenvalue weighted by Crippen LogP contribution is 2.66. The largest absolute Gasteiger partial charge is 0.462 e. The van der Waals surface area contributed by atoms with Crippen molar-refractivity contribution in [3.63, 3.8) is 0 Å². The molecule has 196 valence electrons. The lowest BCUT2D eigenvalue weighted by Crippen LogP contribution is -2.50. The molecular weight excluding hydrogens is 448 g/mol. The zero-order valence-electron chi connectivity index (χ0n) is 22.9. The van der Waals surface area contributed by atoms with E-state index in [2.05, 4.69) is 43.1 Å². The van der Waals surface area contributed by atoms with E-state index in [0.29, 0.717) is 28.8 Å². The SMILES string of the molecule is C[C@]12CC[C@H](OC(=O)C[C@@H](O)C[N+](C)(C)C)CC1=CC[C@@H]1[C@@H]2CC[C@]2(C)C(c3cccnc3)=CC[C@@H]12. The van der Waals surface area contributed by atoms with Gasteiger partial charge < -0.3 is 14.3 Å². The number of likely N-dealkylation sites (N-methyl/N-ethyl adjacent to an activating group) is 1. The summed E-state index contributed by atoms with van der Waals surface area (Å²) in [6.45, 7) is 5.54. The summed E-state index contributed by atoms with van der Waals surface area (Å²) in [6.07, 6.45) is 16.0. The number of carbonyl (C=O) groups is 1. The molecule has 1 aromatic rings. The van der Waals surface area contributed by atoms with Gasteiger partial charge in [0, 0.05) is 18.8 Å². The number of fused-ring (bicyclic) bond motifs is 5. The average Bonchev–Trinajstić information content (AvgIpc) is 3.15. The molecule has 5 nitrogen and oxygen atoms in total. The fraction of sp³-hybridized carbons (Fsp3) is 0.677. The van der Waals surface area contributed by atoms with E-state index in [1.54, 1.807) is 0 Å². The van der Waals surface area contributed by atoms with Gasteiger partial charge in [-0.25, -0.2) is 0 Å². The summed E-state index contributed by atoms with van der Waals surface area (Å²) in [5, 5.41) is 10.3. The summed E-state index contributed by atoms with van der Waals surface area (Å²) in [4.78, 5) is 17.0. The van der Waals surface area contributed by atoms with Crippen LogP contribution in [0.3, 0.4) is 0 Å². The topological polar surface area (TPSA) is 59.4 Å². The molecule has 7 atom stereocenters. The highest BCUT2D eigenvalue weighted by molar-refractivity contribution is 5.72. The van der Waals surface area contributed by atoms with Crippen LogP contribution in [0.15, 0.2) is 42.3 Å². The maximum Gasteiger partial charge on any atom is 0.308 e. The molecule has 1 N–H and O–H groups in total. The zero-order valence-corrected chi connectivity index (χ0v) is 22.9. The lowest BCUT2D eigenvalue weighted by atomic mass is 9.47. The predicted octanol–water partition coefficient (Wildman–Crippen LogP) is 5.41. The number of allylic oxidation sites excluding steroid dienone is 3. The number of carbonyl (C=O) groups excluding carboxylic acids is 1. The Hall–Kier alpha value is -1.98. The molecule has 0 aromatic carbocycles. The van der Waals surface area contributed by atoms with Crippen molar-refractivity contribution < 1.29 is 19.1 Å². The second-order valence-electron chi connectivity index (χ2n) is 13.5. The second-order valence-corrected chi connectivity index (χ2v) is 13.5. The number of pyridine rings is 1. The number of hydrogen-bond donors (Lipinski definition) is 1. The summed E-state index contributed by atoms with van der Waals surface area (Å²) < 4.78 is 6.52. The Bertz CT molecular complexity index is 1040. The third-order valence-electron chi connectivity index (χ3n) is 10.1. The number of esters is 1. The molecule has 2 fully saturated rings. The first kappa shape index (κ1) is 25.7. The lowest BCUT2D eigenvalue weighted by molar-refractivity contribution is -0.873. The van der Waals surface area contributed by atoms with E-state index in [0.717, 1.165) is 25.7 Å². The standard InChI is InChI=1S/C31H45N2O3/c1-30-14-12-24(36-29(35)18-23(34)20-33(3,4)5)17-22(30)8-9-25-27-11-10-26(21-7-6-16-32-19-21)31(27,2)15-13-28(25)30/h6-8,10,16,19,23-25,27-28,34H,9,11-15,17-18,20H2,1-5H3/q+1/t23-,24+,25+,27+,28+,30+,31-/m1/s1. The number of hydrogen-bond acceptors (Lipinski definition) is 4. The minimum Gasteiger partial charge on any atom is -0.462 e. The van der Waals surface area contributed by atoms with Gasteiger partial charge in [0.2, 0.25) is 0 Å². The number of quaternary nitrogens is 1. The molecule has 0 amide bonds. The van der Waals surface area contributed by atoms with Crippen molar-refractivity contribution in [2.24, 2.45) is 28.6 Å². The first-order valence-corrected chi connectivity index (χ1v) is 14.0. The van der Waals surface area contributed by atoms with Crippen molar-refractivity contribution in [1.29, 1.82) is 0 Å². The van der Waals surface area contributed by atoms with Gasteiger partial charge in [0.1, 0.15) is 18.8 Å². The normalized spacial score (nSPS) is 36.6. The Kier molecular flexibility index (Phi) is 6.70. The summed E-state index contributed by atoms with van der Waals surface area (Å²) in [6, 6.07) is 4.29. The van der Waals surface area contributed by atoms with Crippen molar-refractivity contribution >= 4 is 11.5 Å². The zero-order chi connectivity index (χ0) is 25.7. The second kappa shape index (κ2) is 9.40. The van der Waals surface area contributed by atoms with Crippen LogP contribution in [0.25, 0.3) is 5.57 Å². The van der Waals surface area contributed by atoms with Gasteiger partial charge in [0.05, 0.1) is 27.6 Å². The van der Waals surface area contributed by atoms with Gasteiger partial charge in [0.25, 0.3) is 0 Å². The molecular formula is C31H45N2O3+. The fourth-order valence-electron chi connectivity index (χ4n) is 8.39. The van der Waals surface area contributed by atoms with Crippen LogP contribution >= 0.6 is 0 Å². The first-order chi connectivity index (χ1) is 17.0. The number of nitrogens with zero attached hydrogens (tertiary/aromatic N) is 2. The summed E-state index contributed by atoms with van der Waals surface area (Å²) >= 11 is 0. The highest BCUT2D eigenvalue weighted by Gasteiger charge is 2.57. The van der Waals surface area contributed by atoms with Crippen LogP contribution in [0.4, 0.5) is 0 Å². The molecule has 0 bridgehead atoms. The van der Waals surface area contributed by atoms with Gasteiger partial charge in [-0.2, -0.15) is 0 Å². The van der Waals surface area contributed by atoms with Crippen LogP contribution in [0, 0.1) is 28.6 Å². The summed E-state index contributed by atoms with van der Waals surface area (Å²) in [5.41, 5.74) is 4.79. The Balaban J connectivity index is 1.25. The van der Waals surface area contributed by atoms with Crippen LogP contribution in [-0.2, 0) is 9.53 Å². The number of ether oxygens (including phenoxy) is 1. The minimum absolute atomic E-state index is 0.0520. The molecule has 2 saturated carbocycles. The molecule has 0 saturated heterocycles. The fourth-order valence-corrected chi connectivity index (χ4v) is 8.39. The van der Waals surface area contributed by atoms with Crippen molar-refractivity contribution in [1.82, 2.24) is 4.98 Å². The van der Waals surface area contributed by atoms with Crippen molar-refractivity contribution in [2.75, 3.05) is 27.7 Å². The monoisotopic (exact) mass is 493 g/mol. The van der Waals surface area contributed by atoms with Crippen LogP contribution < -0.4 is 0 Å². The Morgan fingerprint density at radius 3 is 2.64 bits per heavy atom. The molecule has 4 aliphatic rings. The third kappa shape index (κ3) is 4.69. The smallest absolute Gasteiger partial charge is 0.308 e. The van der Waals surface area contributed by atoms with E-state index < -0.39 is 6.10 Å². The Labute approximate surface area is 217 Å². The summed E-state index contributed by atoms with van der Waals surface area (Å²) in [7, 11) is 6.07. The molecule has 5 rings (SSSR count). The highest BCUT2D eigenvalue weighted by atomic mass is 16.5. The number of aliphatic hydroxyl groups excluding tert-OH is 1. The van der Waals surface area contributed by atoms with Gasteiger partial charge >= 0.3 is 5.97 Å². The molecule has 5 heteroatoms. The Morgan fingerprint density at radius 1 is 1.14 bits per heavy atom. The van der Waals surface area contributed by atoms with Gasteiger partial charge in [-0.05, 0) is 84.3 Å². The van der Waals surface area contributed by atoms with Gasteiger partial charge in [-0.1, -0.05) is 37.6 Å². The van der Waals surface area contributed by atoms with E-state index in [1.807, 2.05) is 33.5 Å². The van der Waals surface area contributed by atoms with E-state index >= 15 is 0 Å². The van der Waals surface area contributed by atoms with E-state index in [9.17, 15) is 9.90 Å². The molecule has 4 aliphatic carbocycles. The molecule has 0 unspecified atom stereocenters. The maximum absolute atomic E-state index is 12.6. The molecule has 1 aromatic heterocycles. The van der Waals surface area contributed by atoms with Crippen molar-refractivity contribution in [3.8, 4) is 0 Å². The van der Waals surface area contributed by atoms with E-state index in [-0.39, 0.29) is 29.3 Å². The average molecular weight is 494 g/mol. The van der Waals surface area contributed by atoms with Gasteiger partial charge in [-0.15, -0.1) is 0 Å². The molecule has 36 heavy (non-hydrogen) atoms. The first-order valence-electron chi connectivity index (χ1n) is 14.0. The molecule has 1 heterocycles. The summed E-state index contributed by atoms with van der Waals surface area (Å²) in [5.74, 6) is 1.86. The molecule has 0 radical (unpaired) electrons. The van der Waals surface area contributed by atoms with Crippen LogP contribution in [0.2, 0.25) is 0 Å². The molecule has 0 aliphatic heterocycles. The minimum atomic E-state index is -0.658. The van der Waals surface area contributed by atoms with Gasteiger partial charge in [-0.3, -0.25) is 9.78 Å². The van der Waals surface area contributed by atoms with Gasteiger partial charge in [0.15, 0.2) is 0 Å². The lowest BCUT2D eigenvalue weighted by Gasteiger charge is -2.57. The Morgan fingerprint density at radius 2 is 1.92 bits per heavy atom. The van der Waals surface area contributed by atoms with Crippen molar-refractivity contribution in [2.45, 2.75) is 77.4 Å². The molecule has 0 spiro atoms. The van der Waals surface area contributed by atoms with E-state index in [1.165, 1.54) is 36.0 Å². The van der Waals surface area contributed by atoms with Crippen LogP contribution in [0.5, 0.6) is 0 Å². The van der Waals surface area contributed by atoms with Crippen LogP contribution in [0.1, 0.15) is 70.8 Å². The third-order valence-corrected chi connectivity index (χ3v) is 10.1. The van der Waals surface area contributed by atoms with E-state index in [4.69, 9.17) is 4.74 Å². The predicted molar refractivity (Wildman–Crippen MR) is 143 cm³/mol.